The van der Waals surface area contributed by atoms with Crippen LogP contribution in [0.15, 0.2) is 36.4 Å². The summed E-state index contributed by atoms with van der Waals surface area (Å²) in [4.78, 5) is 19.3. The molecule has 1 unspecified atom stereocenters. The smallest absolute Gasteiger partial charge is 0.430 e. The molecule has 1 amide bonds. The van der Waals surface area contributed by atoms with Gasteiger partial charge >= 0.3 is 12.4 Å². The summed E-state index contributed by atoms with van der Waals surface area (Å²) in [6.07, 6.45) is -11.3. The number of hydrogen-bond donors (Lipinski definition) is 2. The summed E-state index contributed by atoms with van der Waals surface area (Å²) in [5.74, 6) is 1.32. The number of ether oxygens (including phenoxy) is 2. The fourth-order valence-corrected chi connectivity index (χ4v) is 6.68. The van der Waals surface area contributed by atoms with E-state index in [9.17, 15) is 36.2 Å². The van der Waals surface area contributed by atoms with Crippen LogP contribution in [0.1, 0.15) is 50.8 Å². The zero-order valence-electron chi connectivity index (χ0n) is 26.3. The van der Waals surface area contributed by atoms with Gasteiger partial charge in [-0.25, -0.2) is 0 Å². The molecule has 14 heteroatoms. The summed E-state index contributed by atoms with van der Waals surface area (Å²) >= 11 is 0. The standard InChI is InChI=1S/C32H40F6N4O4/c1-5-6-22-13-24(30(44,31(33,34)35)32(36,37)38)7-9-25(22)41-15-21(3)42(16-20(41)2)28(43)17-40-18-29(4,39-19-40)23-8-10-26-27(14-23)46-12-11-45-26/h7-10,13-14,20-21,39,44H,5-6,11-12,15-19H2,1-4H3/t20?,21-,29-/m0/s1. The number of anilines is 1. The van der Waals surface area contributed by atoms with Gasteiger partial charge in [-0.15, -0.1) is 0 Å². The summed E-state index contributed by atoms with van der Waals surface area (Å²) < 4.78 is 92.9. The molecular weight excluding hydrogens is 618 g/mol. The van der Waals surface area contributed by atoms with Crippen LogP contribution in [0.25, 0.3) is 0 Å². The van der Waals surface area contributed by atoms with Gasteiger partial charge in [-0.3, -0.25) is 15.0 Å². The van der Waals surface area contributed by atoms with Crippen LogP contribution in [0, 0.1) is 0 Å². The molecule has 254 valence electrons. The second-order valence-corrected chi connectivity index (χ2v) is 12.7. The number of nitrogens with zero attached hydrogens (tertiary/aromatic N) is 3. The second-order valence-electron chi connectivity index (χ2n) is 12.7. The number of fused-ring (bicyclic) bond motifs is 1. The highest BCUT2D eigenvalue weighted by Crippen LogP contribution is 2.50. The lowest BCUT2D eigenvalue weighted by atomic mass is 9.89. The van der Waals surface area contributed by atoms with Crippen LogP contribution in [0.2, 0.25) is 0 Å². The molecule has 2 fully saturated rings. The van der Waals surface area contributed by atoms with Gasteiger partial charge in [-0.2, -0.15) is 26.3 Å². The first-order valence-corrected chi connectivity index (χ1v) is 15.4. The van der Waals surface area contributed by atoms with Gasteiger partial charge < -0.3 is 24.4 Å². The minimum Gasteiger partial charge on any atom is -0.486 e. The lowest BCUT2D eigenvalue weighted by Crippen LogP contribution is -2.59. The van der Waals surface area contributed by atoms with Gasteiger partial charge in [0.2, 0.25) is 5.91 Å². The first kappa shape index (κ1) is 34.1. The number of piperazine rings is 1. The SMILES string of the molecule is CCCc1cc(C(O)(C(F)(F)F)C(F)(F)F)ccc1N1C[C@H](C)N(C(=O)CN2CN[C@](C)(c3ccc4c(c3)OCCO4)C2)CC1C. The van der Waals surface area contributed by atoms with E-state index in [0.29, 0.717) is 69.2 Å². The maximum absolute atomic E-state index is 13.6. The number of carbonyl (C=O) groups excluding carboxylic acids is 1. The predicted molar refractivity (Wildman–Crippen MR) is 159 cm³/mol. The zero-order chi connectivity index (χ0) is 33.7. The summed E-state index contributed by atoms with van der Waals surface area (Å²) in [5, 5.41) is 13.5. The molecule has 2 aromatic rings. The molecule has 3 aliphatic rings. The largest absolute Gasteiger partial charge is 0.486 e. The number of halogens is 6. The summed E-state index contributed by atoms with van der Waals surface area (Å²) in [6.45, 7) is 10.5. The van der Waals surface area contributed by atoms with E-state index in [4.69, 9.17) is 9.47 Å². The molecule has 0 spiro atoms. The van der Waals surface area contributed by atoms with Gasteiger partial charge in [0, 0.05) is 49.6 Å². The van der Waals surface area contributed by atoms with Crippen LogP contribution in [0.4, 0.5) is 32.0 Å². The maximum atomic E-state index is 13.6. The number of aliphatic hydroxyl groups is 1. The molecule has 8 nitrogen and oxygen atoms in total. The minimum absolute atomic E-state index is 0.0724. The quantitative estimate of drug-likeness (QED) is 0.409. The molecule has 3 aliphatic heterocycles. The molecule has 2 aromatic carbocycles. The Labute approximate surface area is 264 Å². The average Bonchev–Trinajstić information content (AvgIpc) is 3.37. The van der Waals surface area contributed by atoms with Crippen molar-refractivity contribution in [3.8, 4) is 11.5 Å². The van der Waals surface area contributed by atoms with Gasteiger partial charge in [-0.05, 0) is 56.5 Å². The predicted octanol–water partition coefficient (Wildman–Crippen LogP) is 4.93. The second kappa shape index (κ2) is 12.4. The van der Waals surface area contributed by atoms with Crippen LogP contribution in [0.5, 0.6) is 11.5 Å². The molecular formula is C32H40F6N4O4. The van der Waals surface area contributed by atoms with Gasteiger partial charge in [0.05, 0.1) is 12.1 Å². The van der Waals surface area contributed by atoms with Crippen LogP contribution in [-0.4, -0.2) is 91.3 Å². The van der Waals surface area contributed by atoms with Crippen LogP contribution in [-0.2, 0) is 22.4 Å². The fourth-order valence-electron chi connectivity index (χ4n) is 6.68. The number of carbonyl (C=O) groups is 1. The van der Waals surface area contributed by atoms with E-state index in [2.05, 4.69) is 12.2 Å². The van der Waals surface area contributed by atoms with Crippen LogP contribution in [0.3, 0.4) is 0 Å². The zero-order valence-corrected chi connectivity index (χ0v) is 26.3. The molecule has 2 N–H and O–H groups in total. The number of aryl methyl sites for hydroxylation is 1. The number of amides is 1. The van der Waals surface area contributed by atoms with E-state index < -0.39 is 29.1 Å². The number of hydrogen-bond acceptors (Lipinski definition) is 7. The fraction of sp³-hybridized carbons (Fsp3) is 0.594. The Kier molecular flexibility index (Phi) is 9.21. The normalized spacial score (nSPS) is 24.4. The Balaban J connectivity index is 1.28. The number of nitrogens with one attached hydrogen (secondary N) is 1. The molecule has 0 aliphatic carbocycles. The van der Waals surface area contributed by atoms with Crippen molar-refractivity contribution in [2.75, 3.05) is 51.0 Å². The topological polar surface area (TPSA) is 77.5 Å². The Morgan fingerprint density at radius 3 is 2.30 bits per heavy atom. The number of alkyl halides is 6. The molecule has 3 heterocycles. The Bertz CT molecular complexity index is 1420. The lowest BCUT2D eigenvalue weighted by molar-refractivity contribution is -0.376. The Hall–Kier alpha value is -3.23. The van der Waals surface area contributed by atoms with Gasteiger partial charge in [0.15, 0.2) is 11.5 Å². The highest BCUT2D eigenvalue weighted by molar-refractivity contribution is 5.79. The first-order valence-electron chi connectivity index (χ1n) is 15.4. The number of rotatable bonds is 7. The third kappa shape index (κ3) is 6.23. The highest BCUT2D eigenvalue weighted by atomic mass is 19.4. The first-order chi connectivity index (χ1) is 21.5. The molecule has 0 radical (unpaired) electrons. The van der Waals surface area contributed by atoms with Crippen molar-refractivity contribution in [1.29, 1.82) is 0 Å². The Morgan fingerprint density at radius 1 is 0.978 bits per heavy atom. The van der Waals surface area contributed by atoms with Crippen molar-refractivity contribution in [3.63, 3.8) is 0 Å². The van der Waals surface area contributed by atoms with Crippen molar-refractivity contribution in [2.45, 2.75) is 76.1 Å². The van der Waals surface area contributed by atoms with Crippen LogP contribution >= 0.6 is 0 Å². The lowest BCUT2D eigenvalue weighted by Gasteiger charge is -2.46. The van der Waals surface area contributed by atoms with Crippen molar-refractivity contribution in [1.82, 2.24) is 15.1 Å². The van der Waals surface area contributed by atoms with E-state index in [0.717, 1.165) is 11.6 Å². The van der Waals surface area contributed by atoms with E-state index in [1.165, 1.54) is 6.07 Å². The van der Waals surface area contributed by atoms with Gasteiger partial charge in [-0.1, -0.05) is 31.5 Å². The summed E-state index contributed by atoms with van der Waals surface area (Å²) in [6, 6.07) is 8.02. The maximum Gasteiger partial charge on any atom is 0.430 e. The summed E-state index contributed by atoms with van der Waals surface area (Å²) in [7, 11) is 0. The minimum atomic E-state index is -5.96. The van der Waals surface area contributed by atoms with Gasteiger partial charge in [0.1, 0.15) is 13.2 Å². The molecule has 5 rings (SSSR count). The summed E-state index contributed by atoms with van der Waals surface area (Å²) in [5.41, 5.74) is -4.90. The van der Waals surface area contributed by atoms with E-state index >= 15 is 0 Å². The van der Waals surface area contributed by atoms with Crippen molar-refractivity contribution >= 4 is 11.6 Å². The molecule has 0 aromatic heterocycles. The van der Waals surface area contributed by atoms with E-state index in [-0.39, 0.29) is 36.5 Å². The monoisotopic (exact) mass is 658 g/mol. The van der Waals surface area contributed by atoms with E-state index in [1.807, 2.05) is 41.8 Å². The Morgan fingerprint density at radius 2 is 1.65 bits per heavy atom. The molecule has 0 saturated carbocycles. The van der Waals surface area contributed by atoms with E-state index in [1.54, 1.807) is 11.8 Å². The molecule has 2 saturated heterocycles. The third-order valence-electron chi connectivity index (χ3n) is 9.22. The highest BCUT2D eigenvalue weighted by Gasteiger charge is 2.71. The van der Waals surface area contributed by atoms with Gasteiger partial charge in [0.25, 0.3) is 5.60 Å². The van der Waals surface area contributed by atoms with Crippen molar-refractivity contribution < 1.29 is 45.7 Å². The molecule has 3 atom stereocenters. The van der Waals surface area contributed by atoms with Crippen molar-refractivity contribution in [2.24, 2.45) is 0 Å². The third-order valence-corrected chi connectivity index (χ3v) is 9.22. The van der Waals surface area contributed by atoms with Crippen molar-refractivity contribution in [3.05, 3.63) is 53.1 Å². The molecule has 0 bridgehead atoms. The van der Waals surface area contributed by atoms with Crippen LogP contribution < -0.4 is 19.7 Å². The molecule has 46 heavy (non-hydrogen) atoms. The average molecular weight is 659 g/mol. The number of benzene rings is 2.